The van der Waals surface area contributed by atoms with Gasteiger partial charge in [-0.15, -0.1) is 0 Å². The summed E-state index contributed by atoms with van der Waals surface area (Å²) in [6.07, 6.45) is 1.53. The van der Waals surface area contributed by atoms with E-state index in [1.165, 1.54) is 10.8 Å². The number of hydrogen-bond acceptors (Lipinski definition) is 9. The summed E-state index contributed by atoms with van der Waals surface area (Å²) in [6, 6.07) is 1.69. The van der Waals surface area contributed by atoms with E-state index in [1.807, 2.05) is 0 Å². The molecule has 0 amide bonds. The Labute approximate surface area is 166 Å². The van der Waals surface area contributed by atoms with Crippen LogP contribution in [0, 0.1) is 0 Å². The molecule has 3 rings (SSSR count). The summed E-state index contributed by atoms with van der Waals surface area (Å²) in [5.74, 6) is 0.945. The van der Waals surface area contributed by atoms with Gasteiger partial charge in [-0.05, 0) is 6.07 Å². The van der Waals surface area contributed by atoms with E-state index in [2.05, 4.69) is 19.8 Å². The fraction of sp³-hybridized carbons (Fsp3) is 0.438. The van der Waals surface area contributed by atoms with Gasteiger partial charge in [-0.1, -0.05) is 23.4 Å². The van der Waals surface area contributed by atoms with Crippen molar-refractivity contribution in [3.05, 3.63) is 27.6 Å². The predicted molar refractivity (Wildman–Crippen MR) is 109 cm³/mol. The van der Waals surface area contributed by atoms with Gasteiger partial charge in [0.1, 0.15) is 16.5 Å². The second-order valence-electron chi connectivity index (χ2n) is 6.22. The number of nitrogens with zero attached hydrogens (tertiary/aromatic N) is 5. The molecule has 0 atom stereocenters. The molecule has 9 nitrogen and oxygen atoms in total. The molecule has 2 aromatic heterocycles. The lowest BCUT2D eigenvalue weighted by atomic mass is 10.3. The topological polar surface area (TPSA) is 132 Å². The van der Waals surface area contributed by atoms with E-state index in [0.717, 1.165) is 44.5 Å². The Hall–Kier alpha value is -2.01. The number of pyridine rings is 1. The molecule has 3 heterocycles. The van der Waals surface area contributed by atoms with Crippen LogP contribution in [0.1, 0.15) is 0 Å². The van der Waals surface area contributed by atoms with Crippen molar-refractivity contribution in [2.45, 2.75) is 9.79 Å². The van der Waals surface area contributed by atoms with Gasteiger partial charge in [-0.25, -0.2) is 4.98 Å². The van der Waals surface area contributed by atoms with Crippen LogP contribution in [0.4, 0.5) is 17.6 Å². The van der Waals surface area contributed by atoms with Crippen molar-refractivity contribution < 1.29 is 0 Å². The van der Waals surface area contributed by atoms with Gasteiger partial charge < -0.3 is 22.1 Å². The molecule has 0 saturated carbocycles. The van der Waals surface area contributed by atoms with Crippen molar-refractivity contribution >= 4 is 40.9 Å². The normalized spacial score (nSPS) is 15.3. The van der Waals surface area contributed by atoms with Crippen molar-refractivity contribution in [3.63, 3.8) is 0 Å². The zero-order chi connectivity index (χ0) is 19.6. The maximum Gasteiger partial charge on any atom is 0.270 e. The molecule has 6 N–H and O–H groups in total. The number of piperazine rings is 1. The molecule has 1 saturated heterocycles. The first-order chi connectivity index (χ1) is 12.9. The van der Waals surface area contributed by atoms with Crippen LogP contribution in [-0.4, -0.2) is 58.7 Å². The fourth-order valence-corrected chi connectivity index (χ4v) is 4.09. The van der Waals surface area contributed by atoms with Crippen LogP contribution in [0.5, 0.6) is 0 Å². The zero-order valence-corrected chi connectivity index (χ0v) is 16.6. The Balaban J connectivity index is 1.86. The van der Waals surface area contributed by atoms with E-state index in [4.69, 9.17) is 28.8 Å². The first-order valence-corrected chi connectivity index (χ1v) is 9.73. The van der Waals surface area contributed by atoms with Gasteiger partial charge in [0.25, 0.3) is 5.56 Å². The Morgan fingerprint density at radius 1 is 1.22 bits per heavy atom. The Morgan fingerprint density at radius 2 is 1.93 bits per heavy atom. The first-order valence-electron chi connectivity index (χ1n) is 8.54. The molecule has 146 valence electrons. The van der Waals surface area contributed by atoms with E-state index < -0.39 is 0 Å². The summed E-state index contributed by atoms with van der Waals surface area (Å²) in [6.45, 7) is 4.77. The predicted octanol–water partition coefficient (Wildman–Crippen LogP) is 0.225. The smallest absolute Gasteiger partial charge is 0.270 e. The number of nitrogens with two attached hydrogens (primary N) is 3. The summed E-state index contributed by atoms with van der Waals surface area (Å²) in [4.78, 5) is 26.6. The van der Waals surface area contributed by atoms with E-state index in [9.17, 15) is 4.79 Å². The van der Waals surface area contributed by atoms with Crippen LogP contribution in [-0.2, 0) is 7.05 Å². The fourth-order valence-electron chi connectivity index (χ4n) is 2.95. The lowest BCUT2D eigenvalue weighted by Crippen LogP contribution is -2.49. The second kappa shape index (κ2) is 8.34. The highest BCUT2D eigenvalue weighted by Crippen LogP contribution is 2.36. The van der Waals surface area contributed by atoms with Gasteiger partial charge in [0.05, 0.1) is 5.02 Å². The average Bonchev–Trinajstić information content (AvgIpc) is 2.66. The molecule has 11 heteroatoms. The number of halogens is 1. The molecule has 0 aromatic carbocycles. The van der Waals surface area contributed by atoms with Crippen LogP contribution in [0.15, 0.2) is 26.8 Å². The summed E-state index contributed by atoms with van der Waals surface area (Å²) in [5, 5.41) is 0.295. The number of nitrogen functional groups attached to an aromatic ring is 2. The SMILES string of the molecule is Cn1c(N2CCN(CCN)CC2)nc(N)c(Sc2ccnc(N)c2Cl)c1=O. The largest absolute Gasteiger partial charge is 0.382 e. The van der Waals surface area contributed by atoms with Crippen LogP contribution >= 0.6 is 23.4 Å². The van der Waals surface area contributed by atoms with E-state index in [1.54, 1.807) is 13.1 Å². The summed E-state index contributed by atoms with van der Waals surface area (Å²) < 4.78 is 1.52. The third kappa shape index (κ3) is 4.13. The average molecular weight is 411 g/mol. The highest BCUT2D eigenvalue weighted by atomic mass is 35.5. The first kappa shape index (κ1) is 19.7. The van der Waals surface area contributed by atoms with Gasteiger partial charge >= 0.3 is 0 Å². The van der Waals surface area contributed by atoms with E-state index in [-0.39, 0.29) is 17.2 Å². The maximum atomic E-state index is 12.9. The highest BCUT2D eigenvalue weighted by molar-refractivity contribution is 7.99. The van der Waals surface area contributed by atoms with Crippen molar-refractivity contribution in [1.29, 1.82) is 0 Å². The van der Waals surface area contributed by atoms with Gasteiger partial charge in [0.2, 0.25) is 5.95 Å². The summed E-state index contributed by atoms with van der Waals surface area (Å²) in [7, 11) is 1.70. The Bertz CT molecular complexity index is 881. The summed E-state index contributed by atoms with van der Waals surface area (Å²) >= 11 is 7.32. The molecule has 1 aliphatic rings. The molecule has 0 radical (unpaired) electrons. The highest BCUT2D eigenvalue weighted by Gasteiger charge is 2.23. The lowest BCUT2D eigenvalue weighted by Gasteiger charge is -2.35. The number of rotatable bonds is 5. The molecular formula is C16H23ClN8OS. The molecule has 27 heavy (non-hydrogen) atoms. The zero-order valence-electron chi connectivity index (χ0n) is 15.1. The van der Waals surface area contributed by atoms with Crippen molar-refractivity contribution in [2.24, 2.45) is 12.8 Å². The Kier molecular flexibility index (Phi) is 6.10. The van der Waals surface area contributed by atoms with E-state index in [0.29, 0.717) is 27.3 Å². The van der Waals surface area contributed by atoms with E-state index >= 15 is 0 Å². The number of aromatic nitrogens is 3. The molecule has 0 unspecified atom stereocenters. The molecule has 0 bridgehead atoms. The van der Waals surface area contributed by atoms with Crippen LogP contribution in [0.25, 0.3) is 0 Å². The second-order valence-corrected chi connectivity index (χ2v) is 7.65. The van der Waals surface area contributed by atoms with Gasteiger partial charge in [0, 0.05) is 57.4 Å². The van der Waals surface area contributed by atoms with Gasteiger partial charge in [-0.2, -0.15) is 4.98 Å². The van der Waals surface area contributed by atoms with Gasteiger partial charge in [-0.3, -0.25) is 14.3 Å². The monoisotopic (exact) mass is 410 g/mol. The third-order valence-electron chi connectivity index (χ3n) is 4.45. The molecule has 0 spiro atoms. The van der Waals surface area contributed by atoms with Gasteiger partial charge in [0.15, 0.2) is 0 Å². The van der Waals surface area contributed by atoms with Crippen molar-refractivity contribution in [2.75, 3.05) is 55.6 Å². The minimum Gasteiger partial charge on any atom is -0.382 e. The minimum absolute atomic E-state index is 0.175. The molecule has 2 aromatic rings. The number of hydrogen-bond donors (Lipinski definition) is 3. The lowest BCUT2D eigenvalue weighted by molar-refractivity contribution is 0.263. The summed E-state index contributed by atoms with van der Waals surface area (Å²) in [5.41, 5.74) is 17.2. The van der Waals surface area contributed by atoms with Crippen LogP contribution in [0.2, 0.25) is 5.02 Å². The molecule has 1 fully saturated rings. The third-order valence-corrected chi connectivity index (χ3v) is 6.10. The van der Waals surface area contributed by atoms with Crippen LogP contribution < -0.4 is 27.7 Å². The van der Waals surface area contributed by atoms with Crippen molar-refractivity contribution in [3.8, 4) is 0 Å². The standard InChI is InChI=1S/C16H23ClN8OS/c1-23-15(26)12(27-10-2-4-21-13(19)11(10)17)14(20)22-16(23)25-8-6-24(5-3-18)7-9-25/h2,4H,3,5-9,18,20H2,1H3,(H2,19,21). The number of anilines is 3. The molecular weight excluding hydrogens is 388 g/mol. The maximum absolute atomic E-state index is 12.9. The Morgan fingerprint density at radius 3 is 2.59 bits per heavy atom. The molecule has 0 aliphatic carbocycles. The van der Waals surface area contributed by atoms with Crippen LogP contribution in [0.3, 0.4) is 0 Å². The van der Waals surface area contributed by atoms with Crippen molar-refractivity contribution in [1.82, 2.24) is 19.4 Å². The quantitative estimate of drug-likeness (QED) is 0.633. The molecule has 1 aliphatic heterocycles. The minimum atomic E-state index is -0.224.